The van der Waals surface area contributed by atoms with E-state index in [2.05, 4.69) is 29.8 Å². The number of aryl methyl sites for hydroxylation is 1. The van der Waals surface area contributed by atoms with Gasteiger partial charge in [0, 0.05) is 24.3 Å². The first kappa shape index (κ1) is 11.6. The third-order valence-electron chi connectivity index (χ3n) is 2.32. The smallest absolute Gasteiger partial charge is 0.0537 e. The fraction of sp³-hybridized carbons (Fsp3) is 0.700. The molecule has 1 aromatic heterocycles. The lowest BCUT2D eigenvalue weighted by Crippen LogP contribution is -2.11. The van der Waals surface area contributed by atoms with Gasteiger partial charge in [-0.05, 0) is 32.4 Å². The minimum absolute atomic E-state index is 0.393. The fourth-order valence-electron chi connectivity index (χ4n) is 1.26. The molecule has 14 heavy (non-hydrogen) atoms. The summed E-state index contributed by atoms with van der Waals surface area (Å²) in [4.78, 5) is 0. The summed E-state index contributed by atoms with van der Waals surface area (Å²) in [5.41, 5.74) is 1.26. The second-order valence-electron chi connectivity index (χ2n) is 3.39. The first-order chi connectivity index (χ1) is 6.77. The molecule has 3 nitrogen and oxygen atoms in total. The van der Waals surface area contributed by atoms with Crippen molar-refractivity contribution in [3.05, 3.63) is 18.0 Å². The van der Waals surface area contributed by atoms with Gasteiger partial charge in [0.15, 0.2) is 0 Å². The first-order valence-electron chi connectivity index (χ1n) is 4.96. The van der Waals surface area contributed by atoms with Gasteiger partial charge in [-0.25, -0.2) is 0 Å². The highest BCUT2D eigenvalue weighted by atomic mass is 32.2. The van der Waals surface area contributed by atoms with Crippen LogP contribution in [0.3, 0.4) is 0 Å². The summed E-state index contributed by atoms with van der Waals surface area (Å²) in [6, 6.07) is 0.393. The predicted molar refractivity (Wildman–Crippen MR) is 62.7 cm³/mol. The molecule has 1 unspecified atom stereocenters. The molecule has 0 radical (unpaired) electrons. The van der Waals surface area contributed by atoms with E-state index in [1.54, 1.807) is 0 Å². The molecule has 1 heterocycles. The summed E-state index contributed by atoms with van der Waals surface area (Å²) in [5.74, 6) is 1.21. The Kier molecular flexibility index (Phi) is 5.04. The van der Waals surface area contributed by atoms with Gasteiger partial charge in [-0.3, -0.25) is 4.68 Å². The standard InChI is InChI=1S/C10H19N3S/c1-9(11-2)10-7-12-13(8-10)5-4-6-14-3/h7-9,11H,4-6H2,1-3H3. The second-order valence-corrected chi connectivity index (χ2v) is 4.38. The van der Waals surface area contributed by atoms with Gasteiger partial charge in [-0.15, -0.1) is 0 Å². The van der Waals surface area contributed by atoms with Crippen LogP contribution < -0.4 is 5.32 Å². The summed E-state index contributed by atoms with van der Waals surface area (Å²) < 4.78 is 2.03. The van der Waals surface area contributed by atoms with Gasteiger partial charge in [-0.1, -0.05) is 0 Å². The molecule has 0 saturated heterocycles. The van der Waals surface area contributed by atoms with Crippen LogP contribution in [0.4, 0.5) is 0 Å². The molecule has 1 aromatic rings. The van der Waals surface area contributed by atoms with Crippen molar-refractivity contribution in [3.63, 3.8) is 0 Å². The highest BCUT2D eigenvalue weighted by molar-refractivity contribution is 7.98. The largest absolute Gasteiger partial charge is 0.313 e. The Hall–Kier alpha value is -0.480. The van der Waals surface area contributed by atoms with Crippen molar-refractivity contribution in [2.45, 2.75) is 25.9 Å². The van der Waals surface area contributed by atoms with Crippen molar-refractivity contribution >= 4 is 11.8 Å². The average Bonchev–Trinajstić information content (AvgIpc) is 2.66. The van der Waals surface area contributed by atoms with Crippen molar-refractivity contribution in [2.75, 3.05) is 19.1 Å². The van der Waals surface area contributed by atoms with E-state index in [9.17, 15) is 0 Å². The average molecular weight is 213 g/mol. The molecule has 4 heteroatoms. The van der Waals surface area contributed by atoms with E-state index in [0.29, 0.717) is 6.04 Å². The van der Waals surface area contributed by atoms with E-state index < -0.39 is 0 Å². The van der Waals surface area contributed by atoms with E-state index in [1.807, 2.05) is 29.7 Å². The number of hydrogen-bond donors (Lipinski definition) is 1. The molecule has 0 amide bonds. The zero-order chi connectivity index (χ0) is 10.4. The Balaban J connectivity index is 2.42. The van der Waals surface area contributed by atoms with Crippen LogP contribution >= 0.6 is 11.8 Å². The van der Waals surface area contributed by atoms with Gasteiger partial charge in [-0.2, -0.15) is 16.9 Å². The lowest BCUT2D eigenvalue weighted by molar-refractivity contribution is 0.602. The van der Waals surface area contributed by atoms with Crippen molar-refractivity contribution in [2.24, 2.45) is 0 Å². The van der Waals surface area contributed by atoms with Crippen LogP contribution in [-0.2, 0) is 6.54 Å². The minimum atomic E-state index is 0.393. The zero-order valence-corrected chi connectivity index (χ0v) is 9.97. The molecule has 1 rings (SSSR count). The van der Waals surface area contributed by atoms with E-state index in [1.165, 1.54) is 17.7 Å². The van der Waals surface area contributed by atoms with Gasteiger partial charge < -0.3 is 5.32 Å². The Bertz CT molecular complexity index is 260. The monoisotopic (exact) mass is 213 g/mol. The van der Waals surface area contributed by atoms with Gasteiger partial charge in [0.1, 0.15) is 0 Å². The predicted octanol–water partition coefficient (Wildman–Crippen LogP) is 1.92. The van der Waals surface area contributed by atoms with E-state index in [0.717, 1.165) is 6.54 Å². The van der Waals surface area contributed by atoms with Gasteiger partial charge in [0.2, 0.25) is 0 Å². The molecule has 80 valence electrons. The summed E-state index contributed by atoms with van der Waals surface area (Å²) >= 11 is 1.89. The molecule has 0 aliphatic rings. The fourth-order valence-corrected chi connectivity index (χ4v) is 1.68. The summed E-state index contributed by atoms with van der Waals surface area (Å²) in [5, 5.41) is 7.53. The van der Waals surface area contributed by atoms with Gasteiger partial charge in [0.05, 0.1) is 6.20 Å². The van der Waals surface area contributed by atoms with Crippen LogP contribution in [0, 0.1) is 0 Å². The third kappa shape index (κ3) is 3.35. The van der Waals surface area contributed by atoms with Crippen LogP contribution in [0.15, 0.2) is 12.4 Å². The number of aromatic nitrogens is 2. The quantitative estimate of drug-likeness (QED) is 0.732. The number of hydrogen-bond acceptors (Lipinski definition) is 3. The summed E-state index contributed by atoms with van der Waals surface area (Å²) in [6.45, 7) is 3.17. The van der Waals surface area contributed by atoms with Crippen molar-refractivity contribution < 1.29 is 0 Å². The van der Waals surface area contributed by atoms with Gasteiger partial charge >= 0.3 is 0 Å². The highest BCUT2D eigenvalue weighted by Crippen LogP contribution is 2.10. The highest BCUT2D eigenvalue weighted by Gasteiger charge is 2.04. The Morgan fingerprint density at radius 3 is 3.07 bits per heavy atom. The molecular weight excluding hydrogens is 194 g/mol. The van der Waals surface area contributed by atoms with Crippen LogP contribution in [0.5, 0.6) is 0 Å². The van der Waals surface area contributed by atoms with Crippen LogP contribution in [0.2, 0.25) is 0 Å². The SMILES string of the molecule is CNC(C)c1cnn(CCCSC)c1. The van der Waals surface area contributed by atoms with Gasteiger partial charge in [0.25, 0.3) is 0 Å². The zero-order valence-electron chi connectivity index (χ0n) is 9.16. The lowest BCUT2D eigenvalue weighted by Gasteiger charge is -2.05. The Morgan fingerprint density at radius 2 is 2.43 bits per heavy atom. The molecule has 0 saturated carbocycles. The van der Waals surface area contributed by atoms with E-state index in [-0.39, 0.29) is 0 Å². The maximum Gasteiger partial charge on any atom is 0.0537 e. The van der Waals surface area contributed by atoms with Crippen molar-refractivity contribution in [1.29, 1.82) is 0 Å². The molecule has 0 spiro atoms. The molecular formula is C10H19N3S. The molecule has 0 bridgehead atoms. The van der Waals surface area contributed by atoms with E-state index >= 15 is 0 Å². The molecule has 1 atom stereocenters. The number of rotatable bonds is 6. The van der Waals surface area contributed by atoms with Crippen molar-refractivity contribution in [1.82, 2.24) is 15.1 Å². The lowest BCUT2D eigenvalue weighted by atomic mass is 10.2. The number of thioether (sulfide) groups is 1. The minimum Gasteiger partial charge on any atom is -0.313 e. The number of nitrogens with zero attached hydrogens (tertiary/aromatic N) is 2. The second kappa shape index (κ2) is 6.09. The normalized spacial score (nSPS) is 13.1. The molecule has 0 aliphatic carbocycles. The Morgan fingerprint density at radius 1 is 1.64 bits per heavy atom. The van der Waals surface area contributed by atoms with Crippen LogP contribution in [0.1, 0.15) is 24.9 Å². The van der Waals surface area contributed by atoms with E-state index in [4.69, 9.17) is 0 Å². The summed E-state index contributed by atoms with van der Waals surface area (Å²) in [6.07, 6.45) is 7.40. The third-order valence-corrected chi connectivity index (χ3v) is 3.02. The molecule has 1 N–H and O–H groups in total. The molecule has 0 aliphatic heterocycles. The Labute approximate surface area is 90.3 Å². The van der Waals surface area contributed by atoms with Crippen LogP contribution in [0.25, 0.3) is 0 Å². The maximum absolute atomic E-state index is 4.32. The molecule has 0 aromatic carbocycles. The molecule has 0 fully saturated rings. The first-order valence-corrected chi connectivity index (χ1v) is 6.36. The van der Waals surface area contributed by atoms with Crippen LogP contribution in [-0.4, -0.2) is 28.8 Å². The van der Waals surface area contributed by atoms with Crippen molar-refractivity contribution in [3.8, 4) is 0 Å². The topological polar surface area (TPSA) is 29.9 Å². The number of nitrogens with one attached hydrogen (secondary N) is 1. The summed E-state index contributed by atoms with van der Waals surface area (Å²) in [7, 11) is 1.97. The maximum atomic E-state index is 4.32.